The average molecular weight is 348 g/mol. The van der Waals surface area contributed by atoms with Gasteiger partial charge in [0.15, 0.2) is 0 Å². The van der Waals surface area contributed by atoms with Crippen molar-refractivity contribution in [3.63, 3.8) is 0 Å². The van der Waals surface area contributed by atoms with Gasteiger partial charge in [-0.25, -0.2) is 5.43 Å². The third-order valence-electron chi connectivity index (χ3n) is 3.69. The Labute approximate surface area is 149 Å². The van der Waals surface area contributed by atoms with Crippen LogP contribution >= 0.6 is 0 Å². The van der Waals surface area contributed by atoms with Crippen molar-refractivity contribution in [2.24, 2.45) is 5.10 Å². The van der Waals surface area contributed by atoms with Crippen LogP contribution in [0.1, 0.15) is 11.1 Å². The molecule has 0 radical (unpaired) electrons. The molecule has 3 aromatic rings. The largest absolute Gasteiger partial charge is 0.507 e. The summed E-state index contributed by atoms with van der Waals surface area (Å²) in [6.45, 7) is 0.188. The molecule has 130 valence electrons. The first-order chi connectivity index (χ1) is 12.6. The number of nitrogens with zero attached hydrogens (tertiary/aromatic N) is 2. The van der Waals surface area contributed by atoms with E-state index in [0.717, 1.165) is 16.3 Å². The maximum Gasteiger partial charge on any atom is 0.329 e. The van der Waals surface area contributed by atoms with E-state index in [2.05, 4.69) is 20.8 Å². The minimum absolute atomic E-state index is 0.0303. The molecule has 1 aromatic heterocycles. The summed E-state index contributed by atoms with van der Waals surface area (Å²) in [5.74, 6) is -1.68. The highest BCUT2D eigenvalue weighted by molar-refractivity contribution is 6.35. The van der Waals surface area contributed by atoms with Gasteiger partial charge in [0.1, 0.15) is 5.75 Å². The van der Waals surface area contributed by atoms with Crippen LogP contribution in [0.15, 0.2) is 66.0 Å². The van der Waals surface area contributed by atoms with E-state index < -0.39 is 11.8 Å². The second-order valence-corrected chi connectivity index (χ2v) is 5.46. The summed E-state index contributed by atoms with van der Waals surface area (Å²) in [5.41, 5.74) is 3.38. The molecule has 0 fully saturated rings. The average Bonchev–Trinajstić information content (AvgIpc) is 2.68. The van der Waals surface area contributed by atoms with Gasteiger partial charge >= 0.3 is 11.8 Å². The Hall–Kier alpha value is -3.74. The summed E-state index contributed by atoms with van der Waals surface area (Å²) in [7, 11) is 0. The van der Waals surface area contributed by atoms with Crippen molar-refractivity contribution < 1.29 is 14.7 Å². The molecule has 3 rings (SSSR count). The fraction of sp³-hybridized carbons (Fsp3) is 0.0526. The molecule has 3 N–H and O–H groups in total. The zero-order valence-corrected chi connectivity index (χ0v) is 13.7. The number of aromatic hydroxyl groups is 1. The molecule has 0 atom stereocenters. The summed E-state index contributed by atoms with van der Waals surface area (Å²) in [6, 6.07) is 14.3. The number of phenols is 1. The molecule has 0 bridgehead atoms. The number of phenolic OH excluding ortho intramolecular Hbond substituents is 1. The molecule has 0 spiro atoms. The SMILES string of the molecule is O=C(NCc1cccnc1)C(=O)N/N=C\c1c(O)ccc2ccccc12. The molecule has 0 saturated heterocycles. The third-order valence-corrected chi connectivity index (χ3v) is 3.69. The van der Waals surface area contributed by atoms with Crippen LogP contribution in [0.2, 0.25) is 0 Å². The van der Waals surface area contributed by atoms with Gasteiger partial charge in [0, 0.05) is 24.5 Å². The number of carbonyl (C=O) groups excluding carboxylic acids is 2. The molecule has 7 nitrogen and oxygen atoms in total. The van der Waals surface area contributed by atoms with E-state index in [-0.39, 0.29) is 12.3 Å². The summed E-state index contributed by atoms with van der Waals surface area (Å²) in [6.07, 6.45) is 4.53. The Bertz CT molecular complexity index is 971. The highest BCUT2D eigenvalue weighted by Crippen LogP contribution is 2.25. The smallest absolute Gasteiger partial charge is 0.329 e. The first-order valence-corrected chi connectivity index (χ1v) is 7.86. The van der Waals surface area contributed by atoms with E-state index >= 15 is 0 Å². The lowest BCUT2D eigenvalue weighted by Gasteiger charge is -2.05. The molecule has 0 saturated carbocycles. The number of hydrazone groups is 1. The van der Waals surface area contributed by atoms with Gasteiger partial charge in [-0.15, -0.1) is 0 Å². The molecule has 26 heavy (non-hydrogen) atoms. The zero-order chi connectivity index (χ0) is 18.4. The van der Waals surface area contributed by atoms with Crippen molar-refractivity contribution in [3.8, 4) is 5.75 Å². The lowest BCUT2D eigenvalue weighted by atomic mass is 10.0. The lowest BCUT2D eigenvalue weighted by molar-refractivity contribution is -0.139. The fourth-order valence-electron chi connectivity index (χ4n) is 2.39. The lowest BCUT2D eigenvalue weighted by Crippen LogP contribution is -2.37. The second kappa shape index (κ2) is 7.89. The molecule has 7 heteroatoms. The Morgan fingerprint density at radius 2 is 1.92 bits per heavy atom. The summed E-state index contributed by atoms with van der Waals surface area (Å²) >= 11 is 0. The number of amides is 2. The van der Waals surface area contributed by atoms with Crippen molar-refractivity contribution in [1.82, 2.24) is 15.7 Å². The minimum atomic E-state index is -0.898. The standard InChI is InChI=1S/C19H16N4O3/c24-17-8-7-14-5-1-2-6-15(14)16(17)12-22-23-19(26)18(25)21-11-13-4-3-9-20-10-13/h1-10,12,24H,11H2,(H,21,25)(H,23,26)/b22-12-. The number of hydrogen-bond donors (Lipinski definition) is 3. The number of rotatable bonds is 4. The van der Waals surface area contributed by atoms with Gasteiger partial charge in [0.2, 0.25) is 0 Å². The van der Waals surface area contributed by atoms with Crippen LogP contribution < -0.4 is 10.7 Å². The minimum Gasteiger partial charge on any atom is -0.507 e. The predicted octanol–water partition coefficient (Wildman–Crippen LogP) is 1.71. The van der Waals surface area contributed by atoms with Crippen molar-refractivity contribution in [2.75, 3.05) is 0 Å². The molecule has 0 aliphatic heterocycles. The van der Waals surface area contributed by atoms with Crippen LogP contribution in [0.5, 0.6) is 5.75 Å². The highest BCUT2D eigenvalue weighted by Gasteiger charge is 2.12. The van der Waals surface area contributed by atoms with Crippen LogP contribution in [-0.4, -0.2) is 28.1 Å². The van der Waals surface area contributed by atoms with Gasteiger partial charge in [-0.2, -0.15) is 5.10 Å². The molecule has 2 aromatic carbocycles. The molecule has 0 aliphatic rings. The van der Waals surface area contributed by atoms with Gasteiger partial charge in [-0.05, 0) is 28.5 Å². The normalized spacial score (nSPS) is 10.8. The number of hydrogen-bond acceptors (Lipinski definition) is 5. The quantitative estimate of drug-likeness (QED) is 0.379. The van der Waals surface area contributed by atoms with Crippen LogP contribution in [-0.2, 0) is 16.1 Å². The molecule has 2 amide bonds. The van der Waals surface area contributed by atoms with Crippen molar-refractivity contribution in [2.45, 2.75) is 6.54 Å². The maximum absolute atomic E-state index is 11.8. The van der Waals surface area contributed by atoms with Crippen molar-refractivity contribution >= 4 is 28.8 Å². The first-order valence-electron chi connectivity index (χ1n) is 7.86. The van der Waals surface area contributed by atoms with Crippen molar-refractivity contribution in [1.29, 1.82) is 0 Å². The van der Waals surface area contributed by atoms with E-state index in [1.165, 1.54) is 6.21 Å². The van der Waals surface area contributed by atoms with Gasteiger partial charge in [0.05, 0.1) is 6.21 Å². The van der Waals surface area contributed by atoms with Gasteiger partial charge < -0.3 is 10.4 Å². The van der Waals surface area contributed by atoms with Crippen LogP contribution in [0.3, 0.4) is 0 Å². The highest BCUT2D eigenvalue weighted by atomic mass is 16.3. The predicted molar refractivity (Wildman–Crippen MR) is 97.4 cm³/mol. The molecular formula is C19H16N4O3. The van der Waals surface area contributed by atoms with E-state index in [4.69, 9.17) is 0 Å². The summed E-state index contributed by atoms with van der Waals surface area (Å²) < 4.78 is 0. The number of aromatic nitrogens is 1. The monoisotopic (exact) mass is 348 g/mol. The van der Waals surface area contributed by atoms with Crippen LogP contribution in [0.25, 0.3) is 10.8 Å². The Kier molecular flexibility index (Phi) is 5.19. The third kappa shape index (κ3) is 4.02. The molecule has 1 heterocycles. The number of carbonyl (C=O) groups is 2. The van der Waals surface area contributed by atoms with E-state index in [1.807, 2.05) is 24.3 Å². The van der Waals surface area contributed by atoms with E-state index in [0.29, 0.717) is 5.56 Å². The topological polar surface area (TPSA) is 104 Å². The van der Waals surface area contributed by atoms with E-state index in [1.54, 1.807) is 36.7 Å². The molecule has 0 unspecified atom stereocenters. The number of fused-ring (bicyclic) bond motifs is 1. The Morgan fingerprint density at radius 3 is 2.73 bits per heavy atom. The van der Waals surface area contributed by atoms with Gasteiger partial charge in [-0.1, -0.05) is 36.4 Å². The Balaban J connectivity index is 1.62. The van der Waals surface area contributed by atoms with Crippen LogP contribution in [0.4, 0.5) is 0 Å². The second-order valence-electron chi connectivity index (χ2n) is 5.46. The summed E-state index contributed by atoms with van der Waals surface area (Å²) in [4.78, 5) is 27.5. The maximum atomic E-state index is 11.8. The van der Waals surface area contributed by atoms with Crippen LogP contribution in [0, 0.1) is 0 Å². The number of benzene rings is 2. The number of nitrogens with one attached hydrogen (secondary N) is 2. The fourth-order valence-corrected chi connectivity index (χ4v) is 2.39. The summed E-state index contributed by atoms with van der Waals surface area (Å²) in [5, 5.41) is 18.0. The zero-order valence-electron chi connectivity index (χ0n) is 13.7. The first kappa shape index (κ1) is 17.1. The van der Waals surface area contributed by atoms with Crippen molar-refractivity contribution in [3.05, 3.63) is 72.1 Å². The molecule has 0 aliphatic carbocycles. The van der Waals surface area contributed by atoms with Gasteiger partial charge in [0.25, 0.3) is 0 Å². The molecular weight excluding hydrogens is 332 g/mol. The Morgan fingerprint density at radius 1 is 1.08 bits per heavy atom. The number of pyridine rings is 1. The van der Waals surface area contributed by atoms with Gasteiger partial charge in [-0.3, -0.25) is 14.6 Å². The van der Waals surface area contributed by atoms with E-state index in [9.17, 15) is 14.7 Å².